The summed E-state index contributed by atoms with van der Waals surface area (Å²) in [7, 11) is 0. The van der Waals surface area contributed by atoms with Gasteiger partial charge in [-0.15, -0.1) is 24.8 Å². The van der Waals surface area contributed by atoms with Gasteiger partial charge in [-0.25, -0.2) is 4.98 Å². The third-order valence-corrected chi connectivity index (χ3v) is 4.87. The molecule has 1 aliphatic heterocycles. The Morgan fingerprint density at radius 3 is 2.32 bits per heavy atom. The van der Waals surface area contributed by atoms with E-state index in [0.29, 0.717) is 6.04 Å². The first-order valence-electron chi connectivity index (χ1n) is 7.75. The van der Waals surface area contributed by atoms with Crippen LogP contribution in [0.5, 0.6) is 0 Å². The van der Waals surface area contributed by atoms with Crippen LogP contribution in [0.1, 0.15) is 51.0 Å². The highest BCUT2D eigenvalue weighted by Gasteiger charge is 2.39. The van der Waals surface area contributed by atoms with Crippen molar-refractivity contribution in [3.8, 4) is 0 Å². The summed E-state index contributed by atoms with van der Waals surface area (Å²) in [5.41, 5.74) is 5.77. The lowest BCUT2D eigenvalue weighted by Crippen LogP contribution is -2.57. The van der Waals surface area contributed by atoms with Gasteiger partial charge < -0.3 is 15.2 Å². The second-order valence-corrected chi connectivity index (χ2v) is 6.25. The molecule has 2 heterocycles. The van der Waals surface area contributed by atoms with Gasteiger partial charge in [0.25, 0.3) is 0 Å². The van der Waals surface area contributed by atoms with Crippen LogP contribution >= 0.6 is 24.8 Å². The first kappa shape index (κ1) is 19.3. The number of halogens is 2. The average molecular weight is 349 g/mol. The summed E-state index contributed by atoms with van der Waals surface area (Å²) in [6, 6.07) is 0.474. The quantitative estimate of drug-likeness (QED) is 0.892. The largest absolute Gasteiger partial charge is 0.341 e. The molecular weight excluding hydrogens is 323 g/mol. The maximum Gasteiger partial charge on any atom is 0.242 e. The Morgan fingerprint density at radius 2 is 1.77 bits per heavy atom. The third-order valence-electron chi connectivity index (χ3n) is 4.87. The van der Waals surface area contributed by atoms with Crippen molar-refractivity contribution >= 4 is 30.7 Å². The minimum Gasteiger partial charge on any atom is -0.341 e. The zero-order chi connectivity index (χ0) is 14.0. The first-order chi connectivity index (χ1) is 9.69. The number of likely N-dealkylation sites (tertiary alicyclic amines) is 1. The Balaban J connectivity index is 0.00000121. The summed E-state index contributed by atoms with van der Waals surface area (Å²) in [5.74, 6) is 0.182. The number of aromatic nitrogens is 2. The van der Waals surface area contributed by atoms with E-state index in [2.05, 4.69) is 9.55 Å². The van der Waals surface area contributed by atoms with Crippen molar-refractivity contribution in [3.63, 3.8) is 0 Å². The van der Waals surface area contributed by atoms with Gasteiger partial charge in [-0.05, 0) is 25.7 Å². The number of hydrogen-bond donors (Lipinski definition) is 1. The molecule has 0 bridgehead atoms. The molecule has 1 saturated carbocycles. The molecule has 2 fully saturated rings. The lowest BCUT2D eigenvalue weighted by atomic mass is 9.81. The summed E-state index contributed by atoms with van der Waals surface area (Å²) in [6.07, 6.45) is 12.8. The number of rotatable bonds is 2. The predicted molar refractivity (Wildman–Crippen MR) is 91.6 cm³/mol. The molecule has 1 aliphatic carbocycles. The van der Waals surface area contributed by atoms with Gasteiger partial charge >= 0.3 is 0 Å². The van der Waals surface area contributed by atoms with Crippen molar-refractivity contribution in [2.45, 2.75) is 56.5 Å². The molecule has 0 unspecified atom stereocenters. The number of nitrogens with zero attached hydrogens (tertiary/aromatic N) is 3. The molecule has 5 nitrogen and oxygen atoms in total. The molecule has 1 amide bonds. The average Bonchev–Trinajstić information content (AvgIpc) is 3.02. The fourth-order valence-corrected chi connectivity index (χ4v) is 3.56. The van der Waals surface area contributed by atoms with Gasteiger partial charge in [-0.1, -0.05) is 19.3 Å². The molecule has 1 aromatic rings. The van der Waals surface area contributed by atoms with Gasteiger partial charge in [0, 0.05) is 31.5 Å². The SMILES string of the molecule is Cl.Cl.NC1(C(=O)N2CCC(n3ccnc3)CC2)CCCCC1. The van der Waals surface area contributed by atoms with Crippen LogP contribution in [-0.4, -0.2) is 39.0 Å². The Bertz CT molecular complexity index is 452. The standard InChI is InChI=1S/C15H24N4O.2ClH/c16-15(6-2-1-3-7-15)14(20)18-9-4-13(5-10-18)19-11-8-17-12-19;;/h8,11-13H,1-7,9-10,16H2;2*1H. The van der Waals surface area contributed by atoms with Gasteiger partial charge in [-0.2, -0.15) is 0 Å². The molecule has 7 heteroatoms. The summed E-state index contributed by atoms with van der Waals surface area (Å²) in [6.45, 7) is 1.64. The summed E-state index contributed by atoms with van der Waals surface area (Å²) in [5, 5.41) is 0. The van der Waals surface area contributed by atoms with Gasteiger partial charge in [-0.3, -0.25) is 4.79 Å². The molecule has 2 aliphatic rings. The van der Waals surface area contributed by atoms with Crippen LogP contribution in [0.3, 0.4) is 0 Å². The third kappa shape index (κ3) is 3.94. The second-order valence-electron chi connectivity index (χ2n) is 6.25. The molecule has 0 radical (unpaired) electrons. The number of nitrogens with two attached hydrogens (primary N) is 1. The molecule has 2 N–H and O–H groups in total. The Kier molecular flexibility index (Phi) is 7.16. The summed E-state index contributed by atoms with van der Waals surface area (Å²) < 4.78 is 2.15. The molecule has 0 spiro atoms. The van der Waals surface area contributed by atoms with Crippen molar-refractivity contribution in [2.75, 3.05) is 13.1 Å². The van der Waals surface area contributed by atoms with Gasteiger partial charge in [0.2, 0.25) is 5.91 Å². The molecule has 0 atom stereocenters. The number of piperidine rings is 1. The van der Waals surface area contributed by atoms with E-state index in [1.165, 1.54) is 6.42 Å². The highest BCUT2D eigenvalue weighted by atomic mass is 35.5. The second kappa shape index (κ2) is 8.18. The number of amides is 1. The van der Waals surface area contributed by atoms with Gasteiger partial charge in [0.05, 0.1) is 11.9 Å². The fourth-order valence-electron chi connectivity index (χ4n) is 3.56. The lowest BCUT2D eigenvalue weighted by Gasteiger charge is -2.40. The minimum absolute atomic E-state index is 0. The van der Waals surface area contributed by atoms with Crippen LogP contribution < -0.4 is 5.73 Å². The van der Waals surface area contributed by atoms with Crippen molar-refractivity contribution < 1.29 is 4.79 Å². The number of carbonyl (C=O) groups is 1. The molecular formula is C15H26Cl2N4O. The van der Waals surface area contributed by atoms with E-state index in [0.717, 1.165) is 51.6 Å². The molecule has 126 valence electrons. The van der Waals surface area contributed by atoms with E-state index < -0.39 is 5.54 Å². The Hall–Kier alpha value is -0.780. The number of imidazole rings is 1. The molecule has 0 aromatic carbocycles. The zero-order valence-electron chi connectivity index (χ0n) is 12.8. The van der Waals surface area contributed by atoms with E-state index in [1.54, 1.807) is 0 Å². The molecule has 1 aromatic heterocycles. The van der Waals surface area contributed by atoms with E-state index >= 15 is 0 Å². The van der Waals surface area contributed by atoms with Crippen LogP contribution in [-0.2, 0) is 4.79 Å². The monoisotopic (exact) mass is 348 g/mol. The van der Waals surface area contributed by atoms with Crippen LogP contribution in [0.15, 0.2) is 18.7 Å². The van der Waals surface area contributed by atoms with Crippen molar-refractivity contribution in [3.05, 3.63) is 18.7 Å². The molecule has 22 heavy (non-hydrogen) atoms. The number of hydrogen-bond acceptors (Lipinski definition) is 3. The highest BCUT2D eigenvalue weighted by molar-refractivity contribution is 5.86. The van der Waals surface area contributed by atoms with E-state index in [1.807, 2.05) is 23.6 Å². The molecule has 1 saturated heterocycles. The maximum atomic E-state index is 12.6. The topological polar surface area (TPSA) is 64.2 Å². The van der Waals surface area contributed by atoms with Crippen LogP contribution in [0.4, 0.5) is 0 Å². The predicted octanol–water partition coefficient (Wildman–Crippen LogP) is 2.55. The van der Waals surface area contributed by atoms with Crippen molar-refractivity contribution in [1.29, 1.82) is 0 Å². The lowest BCUT2D eigenvalue weighted by molar-refractivity contribution is -0.139. The van der Waals surface area contributed by atoms with Crippen LogP contribution in [0.2, 0.25) is 0 Å². The Morgan fingerprint density at radius 1 is 1.14 bits per heavy atom. The number of carbonyl (C=O) groups excluding carboxylic acids is 1. The van der Waals surface area contributed by atoms with E-state index in [4.69, 9.17) is 5.73 Å². The summed E-state index contributed by atoms with van der Waals surface area (Å²) >= 11 is 0. The first-order valence-corrected chi connectivity index (χ1v) is 7.75. The van der Waals surface area contributed by atoms with Crippen LogP contribution in [0, 0.1) is 0 Å². The fraction of sp³-hybridized carbons (Fsp3) is 0.733. The Labute approximate surface area is 144 Å². The summed E-state index contributed by atoms with van der Waals surface area (Å²) in [4.78, 5) is 18.7. The maximum absolute atomic E-state index is 12.6. The van der Waals surface area contributed by atoms with E-state index in [-0.39, 0.29) is 30.7 Å². The normalized spacial score (nSPS) is 21.6. The highest BCUT2D eigenvalue weighted by Crippen LogP contribution is 2.30. The van der Waals surface area contributed by atoms with Gasteiger partial charge in [0.1, 0.15) is 0 Å². The van der Waals surface area contributed by atoms with Crippen molar-refractivity contribution in [2.24, 2.45) is 5.73 Å². The van der Waals surface area contributed by atoms with Crippen molar-refractivity contribution in [1.82, 2.24) is 14.5 Å². The van der Waals surface area contributed by atoms with E-state index in [9.17, 15) is 4.79 Å². The van der Waals surface area contributed by atoms with Gasteiger partial charge in [0.15, 0.2) is 0 Å². The zero-order valence-corrected chi connectivity index (χ0v) is 14.5. The molecule has 3 rings (SSSR count). The smallest absolute Gasteiger partial charge is 0.242 e. The van der Waals surface area contributed by atoms with Crippen LogP contribution in [0.25, 0.3) is 0 Å². The minimum atomic E-state index is -0.583.